The molecule has 0 aliphatic rings. The molecule has 8 aromatic carbocycles. The largest absolute Gasteiger partial charge is 0.420 e. The molecule has 0 aliphatic heterocycles. The van der Waals surface area contributed by atoms with Crippen LogP contribution in [0, 0.1) is 68.6 Å². The molecule has 0 heterocycles. The Kier molecular flexibility index (Phi) is 26.7. The van der Waals surface area contributed by atoms with E-state index in [1.54, 1.807) is 48.5 Å². The van der Waals surface area contributed by atoms with Gasteiger partial charge in [-0.05, 0) is 182 Å². The zero-order chi connectivity index (χ0) is 62.4. The van der Waals surface area contributed by atoms with Gasteiger partial charge in [0, 0.05) is 0 Å². The van der Waals surface area contributed by atoms with E-state index in [-0.39, 0.29) is 45.3 Å². The van der Waals surface area contributed by atoms with Gasteiger partial charge in [0.25, 0.3) is 0 Å². The van der Waals surface area contributed by atoms with E-state index in [9.17, 15) is 36.7 Å². The lowest BCUT2D eigenvalue weighted by molar-refractivity contribution is 0.0718. The number of aryl methyl sites for hydroxylation is 4. The molecule has 86 heavy (non-hydrogen) atoms. The number of rotatable bonds is 18. The average Bonchev–Trinajstić information content (AvgIpc) is 3.70. The van der Waals surface area contributed by atoms with Crippen molar-refractivity contribution in [3.63, 3.8) is 0 Å². The lowest BCUT2D eigenvalue weighted by Gasteiger charge is -2.06. The van der Waals surface area contributed by atoms with Crippen LogP contribution in [0.3, 0.4) is 0 Å². The smallest absolute Gasteiger partial charge is 0.343 e. The summed E-state index contributed by atoms with van der Waals surface area (Å²) in [5.41, 5.74) is 6.72. The highest BCUT2D eigenvalue weighted by atomic mass is 19.1. The summed E-state index contributed by atoms with van der Waals surface area (Å²) in [5, 5.41) is 34.7. The lowest BCUT2D eigenvalue weighted by Crippen LogP contribution is -2.09. The Morgan fingerprint density at radius 1 is 0.326 bits per heavy atom. The average molecular weight is 1160 g/mol. The molecule has 12 nitrogen and oxygen atoms in total. The summed E-state index contributed by atoms with van der Waals surface area (Å²) in [5.74, 6) is -6.14. The number of hydrogen-bond acceptors (Lipinski definition) is 12. The summed E-state index contributed by atoms with van der Waals surface area (Å²) < 4.78 is 74.7. The van der Waals surface area contributed by atoms with Gasteiger partial charge in [-0.2, -0.15) is 21.0 Å². The van der Waals surface area contributed by atoms with Gasteiger partial charge in [0.2, 0.25) is 0 Å². The maximum atomic E-state index is 13.7. The van der Waals surface area contributed by atoms with Crippen LogP contribution in [0.2, 0.25) is 0 Å². The minimum absolute atomic E-state index is 0.176. The van der Waals surface area contributed by atoms with Crippen molar-refractivity contribution in [2.45, 2.75) is 91.9 Å². The van der Waals surface area contributed by atoms with E-state index in [1.807, 2.05) is 79.7 Å². The predicted octanol–water partition coefficient (Wildman–Crippen LogP) is 16.3. The number of nitriles is 4. The number of nitrogens with zero attached hydrogens (tertiary/aromatic N) is 4. The van der Waals surface area contributed by atoms with Gasteiger partial charge in [-0.1, -0.05) is 102 Å². The van der Waals surface area contributed by atoms with E-state index in [1.165, 1.54) is 66.9 Å². The Morgan fingerprint density at radius 2 is 0.581 bits per heavy atom. The van der Waals surface area contributed by atoms with E-state index in [4.69, 9.17) is 40.0 Å². The highest BCUT2D eigenvalue weighted by Gasteiger charge is 2.17. The van der Waals surface area contributed by atoms with Gasteiger partial charge in [-0.15, -0.1) is 0 Å². The Balaban J connectivity index is 0.000000210. The summed E-state index contributed by atoms with van der Waals surface area (Å²) in [6.45, 7) is 8.37. The number of esters is 4. The number of benzene rings is 8. The van der Waals surface area contributed by atoms with Crippen LogP contribution in [0.25, 0.3) is 0 Å². The van der Waals surface area contributed by atoms with Crippen molar-refractivity contribution in [2.75, 3.05) is 0 Å². The number of hydrogen-bond donors (Lipinski definition) is 0. The predicted molar refractivity (Wildman–Crippen MR) is 315 cm³/mol. The Hall–Kier alpha value is -10.7. The van der Waals surface area contributed by atoms with Crippen LogP contribution < -0.4 is 18.9 Å². The number of halogens is 4. The maximum Gasteiger partial charge on any atom is 0.343 e. The number of ether oxygens (including phenoxy) is 4. The third-order valence-electron chi connectivity index (χ3n) is 12.6. The topological polar surface area (TPSA) is 200 Å². The summed E-state index contributed by atoms with van der Waals surface area (Å²) in [6, 6.07) is 50.4. The van der Waals surface area contributed by atoms with Crippen LogP contribution in [0.5, 0.6) is 23.0 Å². The van der Waals surface area contributed by atoms with E-state index in [0.29, 0.717) is 22.3 Å². The zero-order valence-corrected chi connectivity index (χ0v) is 47.8. The standard InChI is InChI=1S/C19H18FNO2.C18H16FNO2.C17H14FNO2.C16H12FNO2/c1-2-3-4-5-14-6-9-16(10-7-14)19(22)23-18-11-8-15(13-21)12-17(18)20;1-2-3-4-13-5-8-15(9-6-13)18(21)22-17-10-7-14(12-20)11-16(17)19;1-2-3-12-4-7-14(8-5-12)17(20)21-16-9-6-13(11-19)10-15(16)18;1-2-11-3-6-13(7-4-11)16(19)20-15-8-5-12(10-18)9-14(15)17/h6-12H,2-5H2,1H3;5-11H,2-4H2,1H3;4-10H,2-3H2,1H3;3-9H,2H2,1H3. The molecule has 0 radical (unpaired) electrons. The normalized spacial score (nSPS) is 10.0. The molecule has 0 bridgehead atoms. The molecular formula is C70H60F4N4O8. The molecule has 0 amide bonds. The van der Waals surface area contributed by atoms with E-state index in [0.717, 1.165) is 92.3 Å². The molecular weight excluding hydrogens is 1100 g/mol. The van der Waals surface area contributed by atoms with Crippen LogP contribution in [0.4, 0.5) is 17.6 Å². The second-order valence-corrected chi connectivity index (χ2v) is 19.0. The third kappa shape index (κ3) is 20.9. The molecule has 0 spiro atoms. The number of unbranched alkanes of at least 4 members (excludes halogenated alkanes) is 3. The molecule has 8 aromatic rings. The second kappa shape index (κ2) is 34.7. The molecule has 0 aromatic heterocycles. The minimum Gasteiger partial charge on any atom is -0.420 e. The van der Waals surface area contributed by atoms with Crippen molar-refractivity contribution in [3.8, 4) is 47.3 Å². The fraction of sp³-hybridized carbons (Fsp3) is 0.200. The Labute approximate surface area is 497 Å². The maximum absolute atomic E-state index is 13.7. The number of carbonyl (C=O) groups is 4. The summed E-state index contributed by atoms with van der Waals surface area (Å²) in [7, 11) is 0. The minimum atomic E-state index is -0.734. The van der Waals surface area contributed by atoms with Crippen LogP contribution in [0.15, 0.2) is 170 Å². The van der Waals surface area contributed by atoms with Crippen molar-refractivity contribution in [1.29, 1.82) is 21.0 Å². The summed E-state index contributed by atoms with van der Waals surface area (Å²) >= 11 is 0. The Bertz CT molecular complexity index is 3770. The highest BCUT2D eigenvalue weighted by molar-refractivity contribution is 5.93. The monoisotopic (exact) mass is 1160 g/mol. The molecule has 0 aliphatic carbocycles. The number of carbonyl (C=O) groups excluding carboxylic acids is 4. The van der Waals surface area contributed by atoms with Gasteiger partial charge < -0.3 is 18.9 Å². The quantitative estimate of drug-likeness (QED) is 0.0341. The molecule has 0 saturated heterocycles. The van der Waals surface area contributed by atoms with Gasteiger partial charge >= 0.3 is 23.9 Å². The first-order valence-electron chi connectivity index (χ1n) is 27.6. The van der Waals surface area contributed by atoms with Crippen molar-refractivity contribution < 1.29 is 55.7 Å². The molecule has 436 valence electrons. The molecule has 0 N–H and O–H groups in total. The van der Waals surface area contributed by atoms with Crippen LogP contribution in [-0.2, 0) is 25.7 Å². The van der Waals surface area contributed by atoms with Crippen molar-refractivity contribution in [3.05, 3.63) is 260 Å². The van der Waals surface area contributed by atoms with Gasteiger partial charge in [0.05, 0.1) is 68.8 Å². The first kappa shape index (κ1) is 66.1. The van der Waals surface area contributed by atoms with Crippen LogP contribution in [-0.4, -0.2) is 23.9 Å². The highest BCUT2D eigenvalue weighted by Crippen LogP contribution is 2.24. The van der Waals surface area contributed by atoms with Crippen LogP contribution >= 0.6 is 0 Å². The summed E-state index contributed by atoms with van der Waals surface area (Å²) in [4.78, 5) is 47.8. The fourth-order valence-corrected chi connectivity index (χ4v) is 7.80. The first-order valence-corrected chi connectivity index (χ1v) is 27.6. The zero-order valence-electron chi connectivity index (χ0n) is 47.8. The van der Waals surface area contributed by atoms with Gasteiger partial charge in [0.15, 0.2) is 46.3 Å². The molecule has 0 atom stereocenters. The van der Waals surface area contributed by atoms with Gasteiger partial charge in [-0.3, -0.25) is 0 Å². The van der Waals surface area contributed by atoms with E-state index in [2.05, 4.69) is 20.8 Å². The first-order chi connectivity index (χ1) is 41.5. The van der Waals surface area contributed by atoms with Gasteiger partial charge in [0.1, 0.15) is 0 Å². The van der Waals surface area contributed by atoms with Crippen molar-refractivity contribution in [2.24, 2.45) is 0 Å². The van der Waals surface area contributed by atoms with Crippen molar-refractivity contribution in [1.82, 2.24) is 0 Å². The lowest BCUT2D eigenvalue weighted by atomic mass is 10.1. The van der Waals surface area contributed by atoms with Crippen LogP contribution in [0.1, 0.15) is 152 Å². The molecule has 0 unspecified atom stereocenters. The third-order valence-corrected chi connectivity index (χ3v) is 12.6. The fourth-order valence-electron chi connectivity index (χ4n) is 7.80. The van der Waals surface area contributed by atoms with Gasteiger partial charge in [-0.25, -0.2) is 36.7 Å². The molecule has 8 rings (SSSR count). The molecule has 0 fully saturated rings. The second-order valence-electron chi connectivity index (χ2n) is 19.0. The molecule has 0 saturated carbocycles. The molecule has 16 heteroatoms. The van der Waals surface area contributed by atoms with E-state index < -0.39 is 47.1 Å². The SMILES string of the molecule is CCCCCc1ccc(C(=O)Oc2ccc(C#N)cc2F)cc1.CCCCc1ccc(C(=O)Oc2ccc(C#N)cc2F)cc1.CCCc1ccc(C(=O)Oc2ccc(C#N)cc2F)cc1.CCc1ccc(C(=O)Oc2ccc(C#N)cc2F)cc1. The summed E-state index contributed by atoms with van der Waals surface area (Å²) in [6.07, 6.45) is 10.5. The van der Waals surface area contributed by atoms with Crippen molar-refractivity contribution >= 4 is 23.9 Å². The Morgan fingerprint density at radius 3 is 0.814 bits per heavy atom. The van der Waals surface area contributed by atoms with E-state index >= 15 is 0 Å².